The highest BCUT2D eigenvalue weighted by Crippen LogP contribution is 2.23. The molecule has 0 radical (unpaired) electrons. The molecule has 0 spiro atoms. The minimum atomic E-state index is 0.525. The fourth-order valence-corrected chi connectivity index (χ4v) is 5.07. The summed E-state index contributed by atoms with van der Waals surface area (Å²) in [5.74, 6) is 1.65. The van der Waals surface area contributed by atoms with Crippen LogP contribution in [-0.4, -0.2) is 94.9 Å². The van der Waals surface area contributed by atoms with Crippen LogP contribution in [0.25, 0.3) is 0 Å². The zero-order chi connectivity index (χ0) is 27.1. The number of rotatable bonds is 17. The highest BCUT2D eigenvalue weighted by atomic mass is 16.5. The number of aromatic nitrogens is 2. The van der Waals surface area contributed by atoms with Gasteiger partial charge in [-0.25, -0.2) is 4.98 Å². The van der Waals surface area contributed by atoms with Crippen molar-refractivity contribution in [2.24, 2.45) is 5.73 Å². The predicted molar refractivity (Wildman–Crippen MR) is 157 cm³/mol. The lowest BCUT2D eigenvalue weighted by atomic mass is 10.0. The van der Waals surface area contributed by atoms with Crippen LogP contribution in [0.4, 0.5) is 17.5 Å². The van der Waals surface area contributed by atoms with Crippen molar-refractivity contribution in [2.45, 2.75) is 45.2 Å². The van der Waals surface area contributed by atoms with Crippen molar-refractivity contribution in [3.05, 3.63) is 41.6 Å². The van der Waals surface area contributed by atoms with Crippen LogP contribution in [0.5, 0.6) is 0 Å². The normalized spacial score (nSPS) is 16.3. The molecule has 0 amide bonds. The molecule has 0 saturated carbocycles. The van der Waals surface area contributed by atoms with Gasteiger partial charge in [-0.15, -0.1) is 0 Å². The Morgan fingerprint density at radius 2 is 1.59 bits per heavy atom. The van der Waals surface area contributed by atoms with Crippen molar-refractivity contribution < 1.29 is 14.2 Å². The Balaban J connectivity index is 1.12. The van der Waals surface area contributed by atoms with E-state index in [0.29, 0.717) is 64.7 Å². The average molecular weight is 542 g/mol. The second-order valence-corrected chi connectivity index (χ2v) is 10.2. The Bertz CT molecular complexity index is 966. The summed E-state index contributed by atoms with van der Waals surface area (Å²) in [5, 5.41) is 7.09. The molecular formula is C29H47N7O3. The first-order valence-corrected chi connectivity index (χ1v) is 14.6. The first-order chi connectivity index (χ1) is 19.2. The summed E-state index contributed by atoms with van der Waals surface area (Å²) >= 11 is 0. The van der Waals surface area contributed by atoms with Crippen molar-refractivity contribution in [1.29, 1.82) is 0 Å². The maximum atomic E-state index is 5.64. The van der Waals surface area contributed by atoms with Gasteiger partial charge >= 0.3 is 0 Å². The first kappa shape index (κ1) is 29.5. The minimum absolute atomic E-state index is 0.525. The number of hydrogen-bond donors (Lipinski definition) is 3. The third kappa shape index (κ3) is 10.2. The Labute approximate surface area is 233 Å². The van der Waals surface area contributed by atoms with Crippen molar-refractivity contribution in [1.82, 2.24) is 15.3 Å². The topological polar surface area (TPSA) is 110 Å². The van der Waals surface area contributed by atoms with E-state index in [1.54, 1.807) is 0 Å². The zero-order valence-corrected chi connectivity index (χ0v) is 23.6. The van der Waals surface area contributed by atoms with Crippen molar-refractivity contribution >= 4 is 17.5 Å². The number of nitrogens with two attached hydrogens (primary N) is 1. The van der Waals surface area contributed by atoms with Gasteiger partial charge in [0.05, 0.1) is 39.6 Å². The Morgan fingerprint density at radius 3 is 2.33 bits per heavy atom. The number of benzene rings is 1. The minimum Gasteiger partial charge on any atom is -0.378 e. The molecule has 2 aromatic rings. The average Bonchev–Trinajstić information content (AvgIpc) is 3.50. The van der Waals surface area contributed by atoms with Crippen LogP contribution in [-0.2, 0) is 20.8 Å². The molecule has 2 aliphatic rings. The number of piperidine rings is 1. The third-order valence-corrected chi connectivity index (χ3v) is 7.17. The number of aryl methyl sites for hydroxylation is 1. The number of nitrogens with one attached hydrogen (secondary N) is 2. The largest absolute Gasteiger partial charge is 0.378 e. The Kier molecular flexibility index (Phi) is 12.5. The molecule has 2 aliphatic heterocycles. The van der Waals surface area contributed by atoms with Gasteiger partial charge in [-0.05, 0) is 50.3 Å². The monoisotopic (exact) mass is 541 g/mol. The molecule has 3 heterocycles. The number of ether oxygens (including phenoxy) is 3. The molecule has 4 rings (SSSR count). The van der Waals surface area contributed by atoms with E-state index < -0.39 is 0 Å². The molecule has 1 aromatic carbocycles. The molecule has 2 fully saturated rings. The van der Waals surface area contributed by atoms with Gasteiger partial charge in [-0.2, -0.15) is 4.98 Å². The summed E-state index contributed by atoms with van der Waals surface area (Å²) in [6.07, 6.45) is 4.82. The van der Waals surface area contributed by atoms with Gasteiger partial charge in [-0.3, -0.25) is 0 Å². The molecule has 2 saturated heterocycles. The molecule has 216 valence electrons. The molecule has 1 aromatic heterocycles. The van der Waals surface area contributed by atoms with Gasteiger partial charge in [0.15, 0.2) is 0 Å². The molecule has 39 heavy (non-hydrogen) atoms. The fourth-order valence-electron chi connectivity index (χ4n) is 5.07. The van der Waals surface area contributed by atoms with Gasteiger partial charge < -0.3 is 40.4 Å². The van der Waals surface area contributed by atoms with Crippen LogP contribution >= 0.6 is 0 Å². The van der Waals surface area contributed by atoms with Crippen molar-refractivity contribution in [2.75, 3.05) is 94.0 Å². The van der Waals surface area contributed by atoms with Crippen molar-refractivity contribution in [3.63, 3.8) is 0 Å². The third-order valence-electron chi connectivity index (χ3n) is 7.17. The summed E-state index contributed by atoms with van der Waals surface area (Å²) in [6.45, 7) is 11.8. The second kappa shape index (κ2) is 16.6. The maximum absolute atomic E-state index is 5.64. The van der Waals surface area contributed by atoms with E-state index in [1.807, 2.05) is 6.92 Å². The summed E-state index contributed by atoms with van der Waals surface area (Å²) in [4.78, 5) is 14.2. The fraction of sp³-hybridized carbons (Fsp3) is 0.655. The van der Waals surface area contributed by atoms with E-state index >= 15 is 0 Å². The molecule has 10 nitrogen and oxygen atoms in total. The van der Waals surface area contributed by atoms with Crippen LogP contribution in [0.1, 0.15) is 36.9 Å². The number of hydrogen-bond acceptors (Lipinski definition) is 10. The molecule has 4 N–H and O–H groups in total. The van der Waals surface area contributed by atoms with Crippen molar-refractivity contribution in [3.8, 4) is 0 Å². The van der Waals surface area contributed by atoms with E-state index in [2.05, 4.69) is 55.7 Å². The molecule has 0 atom stereocenters. The van der Waals surface area contributed by atoms with E-state index in [1.165, 1.54) is 37.2 Å². The van der Waals surface area contributed by atoms with Gasteiger partial charge in [0.2, 0.25) is 5.95 Å². The van der Waals surface area contributed by atoms with Gasteiger partial charge in [-0.1, -0.05) is 12.1 Å². The summed E-state index contributed by atoms with van der Waals surface area (Å²) in [5.41, 5.74) is 9.08. The summed E-state index contributed by atoms with van der Waals surface area (Å²) in [7, 11) is 0. The lowest BCUT2D eigenvalue weighted by Gasteiger charge is -2.33. The lowest BCUT2D eigenvalue weighted by Crippen LogP contribution is -2.42. The maximum Gasteiger partial charge on any atom is 0.224 e. The lowest BCUT2D eigenvalue weighted by molar-refractivity contribution is 0.0179. The van der Waals surface area contributed by atoms with Gasteiger partial charge in [0.1, 0.15) is 5.82 Å². The quantitative estimate of drug-likeness (QED) is 0.259. The van der Waals surface area contributed by atoms with Crippen LogP contribution in [0.2, 0.25) is 0 Å². The summed E-state index contributed by atoms with van der Waals surface area (Å²) in [6, 6.07) is 11.6. The molecule has 0 bridgehead atoms. The summed E-state index contributed by atoms with van der Waals surface area (Å²) < 4.78 is 16.4. The smallest absolute Gasteiger partial charge is 0.224 e. The molecular weight excluding hydrogens is 494 g/mol. The standard InChI is InChI=1S/C29H47N7O3/c1-24-21-28(34-29(33-24)31-10-16-38-18-20-39-19-17-37-15-9-30)36-13-7-26(8-14-36)32-23-25-5-4-6-27(22-25)35-11-2-3-12-35/h4-6,21-22,26,32H,2-3,7-20,23,30H2,1H3,(H,31,33,34). The van der Waals surface area contributed by atoms with E-state index in [9.17, 15) is 0 Å². The van der Waals surface area contributed by atoms with Gasteiger partial charge in [0.25, 0.3) is 0 Å². The predicted octanol–water partition coefficient (Wildman–Crippen LogP) is 2.56. The van der Waals surface area contributed by atoms with Crippen LogP contribution in [0.15, 0.2) is 30.3 Å². The molecule has 0 aliphatic carbocycles. The van der Waals surface area contributed by atoms with Crippen LogP contribution in [0, 0.1) is 6.92 Å². The highest BCUT2D eigenvalue weighted by molar-refractivity contribution is 5.49. The molecule has 10 heteroatoms. The van der Waals surface area contributed by atoms with Gasteiger partial charge in [0, 0.05) is 69.3 Å². The van der Waals surface area contributed by atoms with E-state index in [0.717, 1.165) is 44.0 Å². The van der Waals surface area contributed by atoms with E-state index in [4.69, 9.17) is 24.9 Å². The Morgan fingerprint density at radius 1 is 0.872 bits per heavy atom. The number of anilines is 3. The SMILES string of the molecule is Cc1cc(N2CCC(NCc3cccc(N4CCCC4)c3)CC2)nc(NCCOCCOCCOCCN)n1. The zero-order valence-electron chi connectivity index (χ0n) is 23.6. The van der Waals surface area contributed by atoms with Crippen LogP contribution in [0.3, 0.4) is 0 Å². The highest BCUT2D eigenvalue weighted by Gasteiger charge is 2.21. The molecule has 0 unspecified atom stereocenters. The Hall–Kier alpha value is -2.50. The number of nitrogens with zero attached hydrogens (tertiary/aromatic N) is 4. The second-order valence-electron chi connectivity index (χ2n) is 10.2. The van der Waals surface area contributed by atoms with E-state index in [-0.39, 0.29) is 0 Å². The van der Waals surface area contributed by atoms with Crippen LogP contribution < -0.4 is 26.2 Å². The first-order valence-electron chi connectivity index (χ1n) is 14.6.